The molecule has 0 saturated carbocycles. The van der Waals surface area contributed by atoms with E-state index in [4.69, 9.17) is 0 Å². The third-order valence-electron chi connectivity index (χ3n) is 5.72. The SMILES string of the molecule is CC(=O)NC[C@@H]1CC(=O)N(c2ccc(-c3ccc(C(=O)NCc4ccccn4)cc3)c(F)c2)C1. The van der Waals surface area contributed by atoms with Crippen LogP contribution in [0.15, 0.2) is 66.9 Å². The van der Waals surface area contributed by atoms with E-state index in [1.165, 1.54) is 13.0 Å². The summed E-state index contributed by atoms with van der Waals surface area (Å²) >= 11 is 0. The van der Waals surface area contributed by atoms with E-state index >= 15 is 0 Å². The minimum Gasteiger partial charge on any atom is -0.356 e. The number of hydrogen-bond acceptors (Lipinski definition) is 4. The van der Waals surface area contributed by atoms with Gasteiger partial charge in [0.25, 0.3) is 5.91 Å². The summed E-state index contributed by atoms with van der Waals surface area (Å²) in [5, 5.41) is 5.54. The second-order valence-electron chi connectivity index (χ2n) is 8.26. The van der Waals surface area contributed by atoms with Gasteiger partial charge in [0.2, 0.25) is 11.8 Å². The average Bonchev–Trinajstić information content (AvgIpc) is 3.22. The highest BCUT2D eigenvalue weighted by molar-refractivity contribution is 5.96. The number of nitrogens with one attached hydrogen (secondary N) is 2. The lowest BCUT2D eigenvalue weighted by atomic mass is 10.0. The van der Waals surface area contributed by atoms with Crippen LogP contribution in [0.25, 0.3) is 11.1 Å². The lowest BCUT2D eigenvalue weighted by Gasteiger charge is -2.18. The van der Waals surface area contributed by atoms with Crippen LogP contribution in [0.5, 0.6) is 0 Å². The number of benzene rings is 2. The fraction of sp³-hybridized carbons (Fsp3) is 0.231. The number of hydrogen-bond donors (Lipinski definition) is 2. The number of nitrogens with zero attached hydrogens (tertiary/aromatic N) is 2. The molecule has 2 aromatic carbocycles. The Morgan fingerprint density at radius 3 is 2.56 bits per heavy atom. The van der Waals surface area contributed by atoms with Crippen LogP contribution < -0.4 is 15.5 Å². The molecule has 2 N–H and O–H groups in total. The first-order valence-electron chi connectivity index (χ1n) is 11.0. The number of aromatic nitrogens is 1. The van der Waals surface area contributed by atoms with Gasteiger partial charge in [-0.25, -0.2) is 4.39 Å². The summed E-state index contributed by atoms with van der Waals surface area (Å²) < 4.78 is 15.0. The summed E-state index contributed by atoms with van der Waals surface area (Å²) in [6.45, 7) is 2.60. The van der Waals surface area contributed by atoms with Gasteiger partial charge in [-0.2, -0.15) is 0 Å². The van der Waals surface area contributed by atoms with Gasteiger partial charge in [0.15, 0.2) is 0 Å². The van der Waals surface area contributed by atoms with E-state index in [-0.39, 0.29) is 23.6 Å². The van der Waals surface area contributed by atoms with Gasteiger partial charge in [0.1, 0.15) is 5.82 Å². The molecule has 1 aliphatic rings. The first-order valence-corrected chi connectivity index (χ1v) is 11.0. The molecule has 8 heteroatoms. The van der Waals surface area contributed by atoms with Gasteiger partial charge in [-0.05, 0) is 48.0 Å². The molecular formula is C26H25FN4O3. The molecule has 4 rings (SSSR count). The van der Waals surface area contributed by atoms with E-state index in [9.17, 15) is 18.8 Å². The standard InChI is InChI=1S/C26H25FN4O3/c1-17(32)29-14-18-12-25(33)31(16-18)22-9-10-23(24(27)13-22)19-5-7-20(8-6-19)26(34)30-15-21-4-2-3-11-28-21/h2-11,13,18H,12,14-16H2,1H3,(H,29,32)(H,30,34)/t18-/m0/s1. The fourth-order valence-corrected chi connectivity index (χ4v) is 3.94. The van der Waals surface area contributed by atoms with Crippen molar-refractivity contribution in [3.8, 4) is 11.1 Å². The molecular weight excluding hydrogens is 435 g/mol. The number of carbonyl (C=O) groups excluding carboxylic acids is 3. The monoisotopic (exact) mass is 460 g/mol. The maximum atomic E-state index is 15.0. The molecule has 0 bridgehead atoms. The smallest absolute Gasteiger partial charge is 0.251 e. The van der Waals surface area contributed by atoms with Crippen molar-refractivity contribution in [1.29, 1.82) is 0 Å². The Bertz CT molecular complexity index is 1200. The molecule has 3 aromatic rings. The largest absolute Gasteiger partial charge is 0.356 e. The van der Waals surface area contributed by atoms with Crippen LogP contribution in [0.1, 0.15) is 29.4 Å². The minimum absolute atomic E-state index is 0.00417. The van der Waals surface area contributed by atoms with Crippen molar-refractivity contribution in [3.63, 3.8) is 0 Å². The second kappa shape index (κ2) is 10.2. The van der Waals surface area contributed by atoms with Crippen LogP contribution in [0.2, 0.25) is 0 Å². The highest BCUT2D eigenvalue weighted by Gasteiger charge is 2.31. The van der Waals surface area contributed by atoms with E-state index in [0.717, 1.165) is 5.69 Å². The third-order valence-corrected chi connectivity index (χ3v) is 5.72. The minimum atomic E-state index is -0.456. The Morgan fingerprint density at radius 1 is 1.09 bits per heavy atom. The van der Waals surface area contributed by atoms with Crippen LogP contribution in [0, 0.1) is 11.7 Å². The fourth-order valence-electron chi connectivity index (χ4n) is 3.94. The molecule has 0 aliphatic carbocycles. The molecule has 2 heterocycles. The molecule has 0 radical (unpaired) electrons. The zero-order valence-electron chi connectivity index (χ0n) is 18.8. The van der Waals surface area contributed by atoms with Gasteiger partial charge in [-0.15, -0.1) is 0 Å². The first-order chi connectivity index (χ1) is 16.4. The van der Waals surface area contributed by atoms with Gasteiger partial charge in [-0.3, -0.25) is 19.4 Å². The van der Waals surface area contributed by atoms with Crippen molar-refractivity contribution >= 4 is 23.4 Å². The van der Waals surface area contributed by atoms with Crippen LogP contribution >= 0.6 is 0 Å². The summed E-state index contributed by atoms with van der Waals surface area (Å²) in [4.78, 5) is 41.6. The van der Waals surface area contributed by atoms with Crippen LogP contribution in [0.3, 0.4) is 0 Å². The predicted molar refractivity (Wildman–Crippen MR) is 126 cm³/mol. The Labute approximate surface area is 197 Å². The molecule has 7 nitrogen and oxygen atoms in total. The molecule has 1 atom stereocenters. The molecule has 1 saturated heterocycles. The zero-order chi connectivity index (χ0) is 24.1. The summed E-state index contributed by atoms with van der Waals surface area (Å²) in [6, 6.07) is 16.9. The molecule has 0 unspecified atom stereocenters. The molecule has 1 aliphatic heterocycles. The topological polar surface area (TPSA) is 91.4 Å². The van der Waals surface area contributed by atoms with Crippen molar-refractivity contribution in [2.75, 3.05) is 18.0 Å². The van der Waals surface area contributed by atoms with E-state index < -0.39 is 5.82 Å². The van der Waals surface area contributed by atoms with Gasteiger partial charge in [-0.1, -0.05) is 18.2 Å². The van der Waals surface area contributed by atoms with Crippen molar-refractivity contribution in [2.45, 2.75) is 19.9 Å². The van der Waals surface area contributed by atoms with Gasteiger partial charge in [0.05, 0.1) is 12.2 Å². The Hall–Kier alpha value is -4.07. The zero-order valence-corrected chi connectivity index (χ0v) is 18.8. The number of pyridine rings is 1. The number of halogens is 1. The molecule has 1 aromatic heterocycles. The predicted octanol–water partition coefficient (Wildman–Crippen LogP) is 3.31. The van der Waals surface area contributed by atoms with Crippen molar-refractivity contribution in [3.05, 3.63) is 83.9 Å². The van der Waals surface area contributed by atoms with Gasteiger partial charge >= 0.3 is 0 Å². The lowest BCUT2D eigenvalue weighted by molar-refractivity contribution is -0.120. The summed E-state index contributed by atoms with van der Waals surface area (Å²) in [5.41, 5.74) is 2.71. The van der Waals surface area contributed by atoms with E-state index in [1.54, 1.807) is 47.5 Å². The summed E-state index contributed by atoms with van der Waals surface area (Å²) in [6.07, 6.45) is 1.98. The van der Waals surface area contributed by atoms with E-state index in [1.807, 2.05) is 18.2 Å². The maximum absolute atomic E-state index is 15.0. The van der Waals surface area contributed by atoms with E-state index in [2.05, 4.69) is 15.6 Å². The number of anilines is 1. The highest BCUT2D eigenvalue weighted by Crippen LogP contribution is 2.30. The number of amides is 3. The second-order valence-corrected chi connectivity index (χ2v) is 8.26. The quantitative estimate of drug-likeness (QED) is 0.566. The molecule has 0 spiro atoms. The number of rotatable bonds is 7. The highest BCUT2D eigenvalue weighted by atomic mass is 19.1. The Morgan fingerprint density at radius 2 is 1.88 bits per heavy atom. The number of carbonyl (C=O) groups is 3. The van der Waals surface area contributed by atoms with Crippen LogP contribution in [0.4, 0.5) is 10.1 Å². The molecule has 34 heavy (non-hydrogen) atoms. The van der Waals surface area contributed by atoms with Crippen molar-refractivity contribution in [1.82, 2.24) is 15.6 Å². The average molecular weight is 461 g/mol. The van der Waals surface area contributed by atoms with Crippen molar-refractivity contribution < 1.29 is 18.8 Å². The molecule has 1 fully saturated rings. The molecule has 3 amide bonds. The van der Waals surface area contributed by atoms with Crippen molar-refractivity contribution in [2.24, 2.45) is 5.92 Å². The lowest BCUT2D eigenvalue weighted by Crippen LogP contribution is -2.29. The summed E-state index contributed by atoms with van der Waals surface area (Å²) in [5.74, 6) is -0.936. The Kier molecular flexibility index (Phi) is 6.96. The Balaban J connectivity index is 1.41. The van der Waals surface area contributed by atoms with Gasteiger partial charge < -0.3 is 15.5 Å². The third kappa shape index (κ3) is 5.46. The van der Waals surface area contributed by atoms with E-state index in [0.29, 0.717) is 48.4 Å². The van der Waals surface area contributed by atoms with Crippen LogP contribution in [-0.4, -0.2) is 35.8 Å². The summed E-state index contributed by atoms with van der Waals surface area (Å²) in [7, 11) is 0. The molecule has 174 valence electrons. The first kappa shape index (κ1) is 23.1. The van der Waals surface area contributed by atoms with Crippen LogP contribution in [-0.2, 0) is 16.1 Å². The van der Waals surface area contributed by atoms with Gasteiger partial charge in [0, 0.05) is 55.4 Å². The maximum Gasteiger partial charge on any atom is 0.251 e. The normalized spacial score (nSPS) is 15.3.